The molecule has 24 heavy (non-hydrogen) atoms. The first-order chi connectivity index (χ1) is 11.6. The number of fused-ring (bicyclic) bond motifs is 3. The van der Waals surface area contributed by atoms with Crippen LogP contribution in [0.25, 0.3) is 0 Å². The van der Waals surface area contributed by atoms with E-state index in [0.717, 1.165) is 32.0 Å². The van der Waals surface area contributed by atoms with E-state index in [0.29, 0.717) is 0 Å². The molecule has 4 rings (SSSR count). The summed E-state index contributed by atoms with van der Waals surface area (Å²) in [5.74, 6) is 0.691. The van der Waals surface area contributed by atoms with Gasteiger partial charge in [-0.05, 0) is 12.0 Å². The van der Waals surface area contributed by atoms with Crippen molar-refractivity contribution in [3.05, 3.63) is 35.9 Å². The van der Waals surface area contributed by atoms with Gasteiger partial charge in [-0.2, -0.15) is 0 Å². The van der Waals surface area contributed by atoms with Crippen LogP contribution < -0.4 is 0 Å². The summed E-state index contributed by atoms with van der Waals surface area (Å²) in [6, 6.07) is 9.67. The lowest BCUT2D eigenvalue weighted by Gasteiger charge is -2.38. The molecule has 3 heterocycles. The molecule has 0 spiro atoms. The van der Waals surface area contributed by atoms with Crippen molar-refractivity contribution in [3.8, 4) is 0 Å². The van der Waals surface area contributed by atoms with Crippen molar-refractivity contribution in [1.29, 1.82) is 0 Å². The Morgan fingerprint density at radius 1 is 1.12 bits per heavy atom. The molecule has 7 nitrogen and oxygen atoms in total. The minimum Gasteiger partial charge on any atom is -0.341 e. The van der Waals surface area contributed by atoms with Crippen molar-refractivity contribution in [2.24, 2.45) is 4.99 Å². The number of carbonyl (C=O) groups excluding carboxylic acids is 2. The molecule has 3 aliphatic heterocycles. The summed E-state index contributed by atoms with van der Waals surface area (Å²) >= 11 is 0. The van der Waals surface area contributed by atoms with Gasteiger partial charge in [-0.3, -0.25) is 9.69 Å². The molecule has 0 saturated carbocycles. The Kier molecular flexibility index (Phi) is 3.44. The Morgan fingerprint density at radius 3 is 2.62 bits per heavy atom. The second-order valence-electron chi connectivity index (χ2n) is 6.49. The van der Waals surface area contributed by atoms with Crippen LogP contribution in [-0.2, 0) is 11.2 Å². The van der Waals surface area contributed by atoms with E-state index in [-0.39, 0.29) is 18.0 Å². The number of imide groups is 1. The molecule has 3 amide bonds. The highest BCUT2D eigenvalue weighted by atomic mass is 16.2. The predicted octanol–water partition coefficient (Wildman–Crippen LogP) is 0.435. The molecule has 0 radical (unpaired) electrons. The SMILES string of the molecule is CN1C(=O)C2C(N=C3N(CCc4ccccc4)CCN32)N(C)C1=O. The summed E-state index contributed by atoms with van der Waals surface area (Å²) in [5, 5.41) is 0. The van der Waals surface area contributed by atoms with Gasteiger partial charge in [0.1, 0.15) is 0 Å². The largest absolute Gasteiger partial charge is 0.341 e. The Bertz CT molecular complexity index is 704. The highest BCUT2D eigenvalue weighted by molar-refractivity contribution is 6.03. The topological polar surface area (TPSA) is 59.5 Å². The quantitative estimate of drug-likeness (QED) is 0.808. The first kappa shape index (κ1) is 15.0. The Labute approximate surface area is 141 Å². The molecule has 0 aliphatic carbocycles. The van der Waals surface area contributed by atoms with E-state index in [2.05, 4.69) is 21.9 Å². The number of amides is 3. The van der Waals surface area contributed by atoms with Gasteiger partial charge in [-0.25, -0.2) is 9.79 Å². The van der Waals surface area contributed by atoms with Crippen molar-refractivity contribution in [2.75, 3.05) is 33.7 Å². The molecule has 2 atom stereocenters. The van der Waals surface area contributed by atoms with E-state index in [1.807, 2.05) is 18.2 Å². The van der Waals surface area contributed by atoms with Crippen molar-refractivity contribution in [1.82, 2.24) is 19.6 Å². The molecule has 1 aromatic carbocycles. The van der Waals surface area contributed by atoms with Crippen molar-refractivity contribution in [3.63, 3.8) is 0 Å². The zero-order chi connectivity index (χ0) is 16.8. The number of nitrogens with zero attached hydrogens (tertiary/aromatic N) is 5. The molecule has 3 aliphatic rings. The van der Waals surface area contributed by atoms with Crippen LogP contribution >= 0.6 is 0 Å². The molecule has 2 unspecified atom stereocenters. The predicted molar refractivity (Wildman–Crippen MR) is 89.4 cm³/mol. The fraction of sp³-hybridized carbons (Fsp3) is 0.471. The van der Waals surface area contributed by atoms with Crippen LogP contribution in [0.3, 0.4) is 0 Å². The van der Waals surface area contributed by atoms with Gasteiger partial charge in [0.25, 0.3) is 5.91 Å². The molecule has 7 heteroatoms. The number of urea groups is 1. The molecule has 1 aromatic rings. The van der Waals surface area contributed by atoms with Crippen LogP contribution in [-0.4, -0.2) is 83.4 Å². The van der Waals surface area contributed by atoms with Gasteiger partial charge < -0.3 is 14.7 Å². The number of aliphatic imine (C=N–C) groups is 1. The van der Waals surface area contributed by atoms with E-state index in [1.165, 1.54) is 10.5 Å². The highest BCUT2D eigenvalue weighted by Gasteiger charge is 2.53. The minimum absolute atomic E-state index is 0.160. The number of carbonyl (C=O) groups is 2. The fourth-order valence-corrected chi connectivity index (χ4v) is 3.70. The van der Waals surface area contributed by atoms with Crippen LogP contribution in [0.5, 0.6) is 0 Å². The lowest BCUT2D eigenvalue weighted by Crippen LogP contribution is -2.63. The van der Waals surface area contributed by atoms with Gasteiger partial charge in [-0.1, -0.05) is 30.3 Å². The van der Waals surface area contributed by atoms with Crippen LogP contribution in [0.15, 0.2) is 35.3 Å². The summed E-state index contributed by atoms with van der Waals surface area (Å²) in [4.78, 5) is 36.4. The van der Waals surface area contributed by atoms with Gasteiger partial charge in [0.15, 0.2) is 18.2 Å². The first-order valence-electron chi connectivity index (χ1n) is 8.25. The molecule has 2 saturated heterocycles. The molecule has 0 aromatic heterocycles. The van der Waals surface area contributed by atoms with Crippen LogP contribution in [0, 0.1) is 0 Å². The maximum absolute atomic E-state index is 12.5. The Morgan fingerprint density at radius 2 is 1.88 bits per heavy atom. The maximum atomic E-state index is 12.5. The molecule has 126 valence electrons. The summed E-state index contributed by atoms with van der Waals surface area (Å²) in [7, 11) is 3.25. The van der Waals surface area contributed by atoms with E-state index in [1.54, 1.807) is 19.0 Å². The molecular formula is C17H21N5O2. The smallest absolute Gasteiger partial charge is 0.328 e. The van der Waals surface area contributed by atoms with Crippen LogP contribution in [0.4, 0.5) is 4.79 Å². The van der Waals surface area contributed by atoms with Crippen molar-refractivity contribution < 1.29 is 9.59 Å². The van der Waals surface area contributed by atoms with Crippen molar-refractivity contribution >= 4 is 17.9 Å². The third kappa shape index (κ3) is 2.15. The monoisotopic (exact) mass is 327 g/mol. The molecule has 0 N–H and O–H groups in total. The number of likely N-dealkylation sites (N-methyl/N-ethyl adjacent to an activating group) is 2. The normalized spacial score (nSPS) is 26.0. The second kappa shape index (κ2) is 5.51. The third-order valence-electron chi connectivity index (χ3n) is 5.10. The summed E-state index contributed by atoms with van der Waals surface area (Å²) in [5.41, 5.74) is 1.29. The average molecular weight is 327 g/mol. The molecule has 0 bridgehead atoms. The molecular weight excluding hydrogens is 306 g/mol. The molecule has 2 fully saturated rings. The number of hydrogen-bond donors (Lipinski definition) is 0. The summed E-state index contributed by atoms with van der Waals surface area (Å²) in [6.07, 6.45) is 0.529. The lowest BCUT2D eigenvalue weighted by molar-refractivity contribution is -0.135. The summed E-state index contributed by atoms with van der Waals surface area (Å²) in [6.45, 7) is 2.50. The van der Waals surface area contributed by atoms with Crippen LogP contribution in [0.2, 0.25) is 0 Å². The average Bonchev–Trinajstić information content (AvgIpc) is 3.16. The van der Waals surface area contributed by atoms with E-state index in [9.17, 15) is 9.59 Å². The van der Waals surface area contributed by atoms with Crippen molar-refractivity contribution in [2.45, 2.75) is 18.6 Å². The van der Waals surface area contributed by atoms with Crippen LogP contribution in [0.1, 0.15) is 5.56 Å². The zero-order valence-corrected chi connectivity index (χ0v) is 13.9. The van der Waals surface area contributed by atoms with Gasteiger partial charge in [0.2, 0.25) is 0 Å². The zero-order valence-electron chi connectivity index (χ0n) is 13.9. The Balaban J connectivity index is 1.52. The summed E-state index contributed by atoms with van der Waals surface area (Å²) < 4.78 is 0. The van der Waals surface area contributed by atoms with Gasteiger partial charge in [-0.15, -0.1) is 0 Å². The number of guanidine groups is 1. The Hall–Kier alpha value is -2.57. The van der Waals surface area contributed by atoms with E-state index >= 15 is 0 Å². The minimum atomic E-state index is -0.407. The lowest BCUT2D eigenvalue weighted by atomic mass is 10.1. The number of hydrogen-bond acceptors (Lipinski definition) is 5. The number of rotatable bonds is 3. The standard InChI is InChI=1S/C17H21N5O2/c1-19-14-13(15(23)20(2)17(19)24)22-11-10-21(16(22)18-14)9-8-12-6-4-3-5-7-12/h3-7,13-14H,8-11H2,1-2H3. The van der Waals surface area contributed by atoms with Gasteiger partial charge in [0.05, 0.1) is 0 Å². The fourth-order valence-electron chi connectivity index (χ4n) is 3.70. The second-order valence-corrected chi connectivity index (χ2v) is 6.49. The first-order valence-corrected chi connectivity index (χ1v) is 8.25. The highest BCUT2D eigenvalue weighted by Crippen LogP contribution is 2.30. The van der Waals surface area contributed by atoms with Gasteiger partial charge >= 0.3 is 6.03 Å². The van der Waals surface area contributed by atoms with E-state index < -0.39 is 6.17 Å². The van der Waals surface area contributed by atoms with E-state index in [4.69, 9.17) is 4.99 Å². The third-order valence-corrected chi connectivity index (χ3v) is 5.10. The number of benzene rings is 1. The maximum Gasteiger partial charge on any atom is 0.328 e. The van der Waals surface area contributed by atoms with Gasteiger partial charge in [0, 0.05) is 33.7 Å².